The van der Waals surface area contributed by atoms with E-state index in [0.29, 0.717) is 39.0 Å². The van der Waals surface area contributed by atoms with Gasteiger partial charge in [-0.05, 0) is 25.3 Å². The largest absolute Gasteiger partial charge is 0.341 e. The molecule has 24 heavy (non-hydrogen) atoms. The lowest BCUT2D eigenvalue weighted by atomic mass is 10.2. The van der Waals surface area contributed by atoms with Gasteiger partial charge in [0.05, 0.1) is 5.75 Å². The van der Waals surface area contributed by atoms with E-state index in [4.69, 9.17) is 0 Å². The normalized spacial score (nSPS) is 16.8. The molecule has 1 amide bonds. The molecule has 0 unspecified atom stereocenters. The van der Waals surface area contributed by atoms with Crippen LogP contribution in [-0.4, -0.2) is 49.7 Å². The number of rotatable bonds is 6. The van der Waals surface area contributed by atoms with Crippen molar-refractivity contribution in [3.05, 3.63) is 35.4 Å². The number of unbranched alkanes of at least 4 members (excludes halogenated alkanes) is 1. The molecule has 1 aliphatic heterocycles. The molecule has 0 spiro atoms. The first-order valence-electron chi connectivity index (χ1n) is 8.73. The van der Waals surface area contributed by atoms with Crippen molar-refractivity contribution in [2.24, 2.45) is 0 Å². The fourth-order valence-electron chi connectivity index (χ4n) is 3.01. The maximum atomic E-state index is 12.7. The van der Waals surface area contributed by atoms with E-state index in [2.05, 4.69) is 6.92 Å². The fraction of sp³-hybridized carbons (Fsp3) is 0.611. The average molecular weight is 353 g/mol. The van der Waals surface area contributed by atoms with Gasteiger partial charge in [0.2, 0.25) is 15.9 Å². The lowest BCUT2D eigenvalue weighted by Gasteiger charge is -2.22. The predicted molar refractivity (Wildman–Crippen MR) is 96.1 cm³/mol. The van der Waals surface area contributed by atoms with Crippen LogP contribution in [0.25, 0.3) is 0 Å². The third kappa shape index (κ3) is 5.31. The van der Waals surface area contributed by atoms with E-state index < -0.39 is 10.0 Å². The number of hydrogen-bond donors (Lipinski definition) is 0. The Morgan fingerprint density at radius 2 is 1.96 bits per heavy atom. The molecule has 1 heterocycles. The van der Waals surface area contributed by atoms with E-state index in [1.807, 2.05) is 36.1 Å². The van der Waals surface area contributed by atoms with E-state index in [-0.39, 0.29) is 11.7 Å². The number of carbonyl (C=O) groups excluding carboxylic acids is 1. The van der Waals surface area contributed by atoms with Gasteiger partial charge in [-0.3, -0.25) is 4.79 Å². The van der Waals surface area contributed by atoms with Gasteiger partial charge in [-0.15, -0.1) is 0 Å². The van der Waals surface area contributed by atoms with Crippen molar-refractivity contribution >= 4 is 15.9 Å². The molecule has 0 radical (unpaired) electrons. The van der Waals surface area contributed by atoms with Gasteiger partial charge in [-0.2, -0.15) is 4.31 Å². The van der Waals surface area contributed by atoms with Crippen LogP contribution in [0.5, 0.6) is 0 Å². The molecule has 1 aromatic carbocycles. The van der Waals surface area contributed by atoms with Crippen molar-refractivity contribution in [3.8, 4) is 0 Å². The number of hydrogen-bond acceptors (Lipinski definition) is 3. The van der Waals surface area contributed by atoms with Crippen LogP contribution in [0.4, 0.5) is 0 Å². The van der Waals surface area contributed by atoms with Crippen LogP contribution < -0.4 is 0 Å². The van der Waals surface area contributed by atoms with Crippen molar-refractivity contribution < 1.29 is 13.2 Å². The van der Waals surface area contributed by atoms with Gasteiger partial charge in [0.1, 0.15) is 0 Å². The Morgan fingerprint density at radius 1 is 1.17 bits per heavy atom. The second-order valence-electron chi connectivity index (χ2n) is 6.48. The molecule has 0 saturated carbocycles. The number of amides is 1. The zero-order chi connectivity index (χ0) is 17.6. The molecule has 0 aliphatic carbocycles. The SMILES string of the molecule is CCCCC(=O)N1CCCN(S(=O)(=O)Cc2cccc(C)c2)CC1. The molecule has 134 valence electrons. The molecule has 1 aromatic rings. The molecule has 0 N–H and O–H groups in total. The summed E-state index contributed by atoms with van der Waals surface area (Å²) in [6.07, 6.45) is 3.15. The van der Waals surface area contributed by atoms with E-state index in [1.54, 1.807) is 4.31 Å². The molecule has 1 aliphatic rings. The topological polar surface area (TPSA) is 57.7 Å². The van der Waals surface area contributed by atoms with E-state index in [1.165, 1.54) is 0 Å². The minimum Gasteiger partial charge on any atom is -0.341 e. The highest BCUT2D eigenvalue weighted by atomic mass is 32.2. The summed E-state index contributed by atoms with van der Waals surface area (Å²) in [6, 6.07) is 7.61. The lowest BCUT2D eigenvalue weighted by Crippen LogP contribution is -2.37. The van der Waals surface area contributed by atoms with Crippen molar-refractivity contribution in [1.29, 1.82) is 0 Å². The number of carbonyl (C=O) groups is 1. The minimum absolute atomic E-state index is 0.0263. The van der Waals surface area contributed by atoms with Crippen LogP contribution in [0.2, 0.25) is 0 Å². The number of benzene rings is 1. The Bertz CT molecular complexity index is 658. The average Bonchev–Trinajstić information content (AvgIpc) is 2.79. The van der Waals surface area contributed by atoms with Gasteiger partial charge >= 0.3 is 0 Å². The van der Waals surface area contributed by atoms with Crippen LogP contribution in [-0.2, 0) is 20.6 Å². The first-order valence-corrected chi connectivity index (χ1v) is 10.3. The minimum atomic E-state index is -3.35. The molecule has 1 fully saturated rings. The number of nitrogens with zero attached hydrogens (tertiary/aromatic N) is 2. The molecule has 2 rings (SSSR count). The highest BCUT2D eigenvalue weighted by Crippen LogP contribution is 2.15. The van der Waals surface area contributed by atoms with Gasteiger partial charge in [0, 0.05) is 32.6 Å². The molecule has 0 aromatic heterocycles. The van der Waals surface area contributed by atoms with Crippen molar-refractivity contribution in [3.63, 3.8) is 0 Å². The van der Waals surface area contributed by atoms with Gasteiger partial charge in [-0.25, -0.2) is 8.42 Å². The Balaban J connectivity index is 1.98. The number of sulfonamides is 1. The van der Waals surface area contributed by atoms with Gasteiger partial charge in [-0.1, -0.05) is 43.2 Å². The van der Waals surface area contributed by atoms with Crippen LogP contribution >= 0.6 is 0 Å². The summed E-state index contributed by atoms with van der Waals surface area (Å²) in [5.41, 5.74) is 1.88. The van der Waals surface area contributed by atoms with Crippen molar-refractivity contribution in [2.45, 2.75) is 45.3 Å². The Hall–Kier alpha value is -1.40. The third-order valence-corrected chi connectivity index (χ3v) is 6.23. The summed E-state index contributed by atoms with van der Waals surface area (Å²) < 4.78 is 26.9. The Morgan fingerprint density at radius 3 is 2.67 bits per heavy atom. The standard InChI is InChI=1S/C18H28N2O3S/c1-3-4-9-18(21)19-10-6-11-20(13-12-19)24(22,23)15-17-8-5-7-16(2)14-17/h5,7-8,14H,3-4,6,9-13,15H2,1-2H3. The van der Waals surface area contributed by atoms with Crippen LogP contribution in [0, 0.1) is 6.92 Å². The fourth-order valence-corrected chi connectivity index (χ4v) is 4.56. The third-order valence-electron chi connectivity index (χ3n) is 4.38. The van der Waals surface area contributed by atoms with Crippen molar-refractivity contribution in [1.82, 2.24) is 9.21 Å². The summed E-state index contributed by atoms with van der Waals surface area (Å²) in [4.78, 5) is 14.0. The van der Waals surface area contributed by atoms with Crippen LogP contribution in [0.3, 0.4) is 0 Å². The molecular weight excluding hydrogens is 324 g/mol. The molecule has 0 atom stereocenters. The maximum Gasteiger partial charge on any atom is 0.222 e. The summed E-state index contributed by atoms with van der Waals surface area (Å²) >= 11 is 0. The second-order valence-corrected chi connectivity index (χ2v) is 8.45. The second kappa shape index (κ2) is 8.62. The van der Waals surface area contributed by atoms with E-state index in [9.17, 15) is 13.2 Å². The molecule has 5 nitrogen and oxygen atoms in total. The first-order chi connectivity index (χ1) is 11.4. The van der Waals surface area contributed by atoms with Gasteiger partial charge < -0.3 is 4.90 Å². The Labute approximate surface area is 145 Å². The quantitative estimate of drug-likeness (QED) is 0.790. The molecule has 0 bridgehead atoms. The lowest BCUT2D eigenvalue weighted by molar-refractivity contribution is -0.131. The van der Waals surface area contributed by atoms with Gasteiger partial charge in [0.25, 0.3) is 0 Å². The molecular formula is C18H28N2O3S. The van der Waals surface area contributed by atoms with Crippen molar-refractivity contribution in [2.75, 3.05) is 26.2 Å². The summed E-state index contributed by atoms with van der Waals surface area (Å²) in [5.74, 6) is 0.174. The highest BCUT2D eigenvalue weighted by Gasteiger charge is 2.26. The predicted octanol–water partition coefficient (Wildman–Crippen LogP) is 2.55. The summed E-state index contributed by atoms with van der Waals surface area (Å²) in [7, 11) is -3.35. The molecule has 1 saturated heterocycles. The highest BCUT2D eigenvalue weighted by molar-refractivity contribution is 7.88. The number of aryl methyl sites for hydroxylation is 1. The first kappa shape index (κ1) is 18.9. The summed E-state index contributed by atoms with van der Waals surface area (Å²) in [5, 5.41) is 0. The monoisotopic (exact) mass is 352 g/mol. The van der Waals surface area contributed by atoms with E-state index in [0.717, 1.165) is 24.0 Å². The molecule has 6 heteroatoms. The Kier molecular flexibility index (Phi) is 6.80. The van der Waals surface area contributed by atoms with Crippen LogP contribution in [0.15, 0.2) is 24.3 Å². The van der Waals surface area contributed by atoms with Crippen LogP contribution in [0.1, 0.15) is 43.7 Å². The van der Waals surface area contributed by atoms with E-state index >= 15 is 0 Å². The van der Waals surface area contributed by atoms with Gasteiger partial charge in [0.15, 0.2) is 0 Å². The maximum absolute atomic E-state index is 12.7. The smallest absolute Gasteiger partial charge is 0.222 e. The summed E-state index contributed by atoms with van der Waals surface area (Å²) in [6.45, 7) is 6.06. The zero-order valence-corrected chi connectivity index (χ0v) is 15.5. The zero-order valence-electron chi connectivity index (χ0n) is 14.7.